The normalized spacial score (nSPS) is 20.5. The summed E-state index contributed by atoms with van der Waals surface area (Å²) in [6.45, 7) is 7.76. The molecule has 0 radical (unpaired) electrons. The molecular formula is C28H38N6O3S. The highest BCUT2D eigenvalue weighted by Gasteiger charge is 2.31. The summed E-state index contributed by atoms with van der Waals surface area (Å²) in [5.74, 6) is 1.50. The van der Waals surface area contributed by atoms with E-state index in [0.29, 0.717) is 23.2 Å². The van der Waals surface area contributed by atoms with Crippen LogP contribution in [0.3, 0.4) is 0 Å². The van der Waals surface area contributed by atoms with Gasteiger partial charge in [-0.15, -0.1) is 11.3 Å². The van der Waals surface area contributed by atoms with E-state index < -0.39 is 0 Å². The molecule has 0 spiro atoms. The number of fused-ring (bicyclic) bond motifs is 1. The lowest BCUT2D eigenvalue weighted by Crippen LogP contribution is -2.37. The van der Waals surface area contributed by atoms with Crippen molar-refractivity contribution in [2.45, 2.75) is 70.8 Å². The molecule has 2 fully saturated rings. The molecule has 1 saturated heterocycles. The summed E-state index contributed by atoms with van der Waals surface area (Å²) >= 11 is 1.31. The van der Waals surface area contributed by atoms with Gasteiger partial charge in [0.25, 0.3) is 5.91 Å². The van der Waals surface area contributed by atoms with Gasteiger partial charge in [0.05, 0.1) is 23.4 Å². The Morgan fingerprint density at radius 1 is 1.16 bits per heavy atom. The summed E-state index contributed by atoms with van der Waals surface area (Å²) in [5.41, 5.74) is 3.59. The Kier molecular flexibility index (Phi) is 8.58. The molecule has 0 unspecified atom stereocenters. The van der Waals surface area contributed by atoms with E-state index in [-0.39, 0.29) is 29.7 Å². The van der Waals surface area contributed by atoms with Crippen LogP contribution in [0.5, 0.6) is 5.88 Å². The van der Waals surface area contributed by atoms with E-state index in [1.165, 1.54) is 30.6 Å². The molecular weight excluding hydrogens is 500 g/mol. The summed E-state index contributed by atoms with van der Waals surface area (Å²) in [7, 11) is 0. The van der Waals surface area contributed by atoms with Gasteiger partial charge in [-0.05, 0) is 71.4 Å². The van der Waals surface area contributed by atoms with E-state index in [9.17, 15) is 9.59 Å². The molecule has 3 aromatic heterocycles. The average Bonchev–Trinajstić information content (AvgIpc) is 3.57. The number of ether oxygens (including phenoxy) is 1. The molecule has 38 heavy (non-hydrogen) atoms. The number of amides is 2. The molecule has 0 bridgehead atoms. The van der Waals surface area contributed by atoms with Gasteiger partial charge in [0.15, 0.2) is 0 Å². The van der Waals surface area contributed by atoms with E-state index in [4.69, 9.17) is 4.74 Å². The van der Waals surface area contributed by atoms with Crippen molar-refractivity contribution in [1.29, 1.82) is 0 Å². The second-order valence-corrected chi connectivity index (χ2v) is 11.7. The molecule has 1 aliphatic heterocycles. The number of nitrogens with one attached hydrogen (secondary N) is 3. The van der Waals surface area contributed by atoms with E-state index in [1.807, 2.05) is 19.9 Å². The number of H-pyrrole nitrogens is 1. The largest absolute Gasteiger partial charge is 0.476 e. The van der Waals surface area contributed by atoms with Crippen molar-refractivity contribution in [3.05, 3.63) is 34.4 Å². The van der Waals surface area contributed by atoms with Gasteiger partial charge in [-0.2, -0.15) is 0 Å². The van der Waals surface area contributed by atoms with Crippen molar-refractivity contribution in [2.75, 3.05) is 31.6 Å². The average molecular weight is 539 g/mol. The topological polar surface area (TPSA) is 112 Å². The van der Waals surface area contributed by atoms with Crippen molar-refractivity contribution in [1.82, 2.24) is 25.2 Å². The van der Waals surface area contributed by atoms with Gasteiger partial charge in [-0.3, -0.25) is 19.5 Å². The summed E-state index contributed by atoms with van der Waals surface area (Å²) in [4.78, 5) is 40.5. The molecule has 5 rings (SSSR count). The van der Waals surface area contributed by atoms with Gasteiger partial charge < -0.3 is 20.4 Å². The zero-order valence-electron chi connectivity index (χ0n) is 22.3. The van der Waals surface area contributed by atoms with Gasteiger partial charge in [0, 0.05) is 35.5 Å². The Morgan fingerprint density at radius 3 is 2.66 bits per heavy atom. The van der Waals surface area contributed by atoms with Gasteiger partial charge in [-0.25, -0.2) is 4.98 Å². The molecule has 3 N–H and O–H groups in total. The first-order valence-corrected chi connectivity index (χ1v) is 14.7. The van der Waals surface area contributed by atoms with E-state index in [2.05, 4.69) is 30.5 Å². The standard InChI is InChI=1S/C28H38N6O3S/c1-18(2)31-27(35)20-8-6-19(7-9-20)25-21-14-24(37-13-12-34-10-4-3-5-11-34)30-15-22(21)32-26(25)33-28(36)23-16-29-17-38-23/h14-20,32H,3-13H2,1-2H3,(H,31,35)(H,33,36). The number of thiazole rings is 1. The Bertz CT molecular complexity index is 1230. The number of aromatic amines is 1. The molecule has 204 valence electrons. The lowest BCUT2D eigenvalue weighted by molar-refractivity contribution is -0.126. The molecule has 10 heteroatoms. The highest BCUT2D eigenvalue weighted by Crippen LogP contribution is 2.43. The number of hydrogen-bond donors (Lipinski definition) is 3. The first-order valence-electron chi connectivity index (χ1n) is 13.8. The van der Waals surface area contributed by atoms with Gasteiger partial charge >= 0.3 is 0 Å². The van der Waals surface area contributed by atoms with Crippen LogP contribution in [0, 0.1) is 5.92 Å². The van der Waals surface area contributed by atoms with Crippen molar-refractivity contribution >= 4 is 39.9 Å². The van der Waals surface area contributed by atoms with E-state index in [0.717, 1.165) is 61.8 Å². The first kappa shape index (κ1) is 26.6. The number of hydrogen-bond acceptors (Lipinski definition) is 7. The fourth-order valence-electron chi connectivity index (χ4n) is 5.71. The maximum Gasteiger partial charge on any atom is 0.268 e. The van der Waals surface area contributed by atoms with Gasteiger partial charge in [0.2, 0.25) is 11.8 Å². The fourth-order valence-corrected chi connectivity index (χ4v) is 6.22. The SMILES string of the molecule is CC(C)NC(=O)C1CCC(c2c(NC(=O)c3cncs3)[nH]c3cnc(OCCN4CCCCC4)cc23)CC1. The molecule has 0 atom stereocenters. The first-order chi connectivity index (χ1) is 18.5. The second kappa shape index (κ2) is 12.3. The Morgan fingerprint density at radius 2 is 1.95 bits per heavy atom. The van der Waals surface area contributed by atoms with Crippen LogP contribution < -0.4 is 15.4 Å². The van der Waals surface area contributed by atoms with Gasteiger partial charge in [-0.1, -0.05) is 6.42 Å². The van der Waals surface area contributed by atoms with Crippen LogP contribution in [-0.2, 0) is 4.79 Å². The summed E-state index contributed by atoms with van der Waals surface area (Å²) in [5, 5.41) is 7.16. The molecule has 0 aromatic carbocycles. The maximum absolute atomic E-state index is 12.9. The van der Waals surface area contributed by atoms with Crippen molar-refractivity contribution in [3.8, 4) is 5.88 Å². The molecule has 4 heterocycles. The predicted molar refractivity (Wildman–Crippen MR) is 150 cm³/mol. The monoisotopic (exact) mass is 538 g/mol. The highest BCUT2D eigenvalue weighted by molar-refractivity contribution is 7.11. The zero-order valence-corrected chi connectivity index (χ0v) is 23.1. The summed E-state index contributed by atoms with van der Waals surface area (Å²) < 4.78 is 6.08. The van der Waals surface area contributed by atoms with Crippen molar-refractivity contribution in [3.63, 3.8) is 0 Å². The van der Waals surface area contributed by atoms with Crippen LogP contribution in [0.4, 0.5) is 5.82 Å². The van der Waals surface area contributed by atoms with Crippen LogP contribution in [0.2, 0.25) is 0 Å². The highest BCUT2D eigenvalue weighted by atomic mass is 32.1. The van der Waals surface area contributed by atoms with Crippen LogP contribution in [-0.4, -0.2) is 63.9 Å². The summed E-state index contributed by atoms with van der Waals surface area (Å²) in [6, 6.07) is 2.14. The number of likely N-dealkylation sites (tertiary alicyclic amines) is 1. The number of piperidine rings is 1. The van der Waals surface area contributed by atoms with E-state index in [1.54, 1.807) is 17.9 Å². The smallest absolute Gasteiger partial charge is 0.268 e. The number of nitrogens with zero attached hydrogens (tertiary/aromatic N) is 3. The van der Waals surface area contributed by atoms with Crippen LogP contribution in [0.15, 0.2) is 24.0 Å². The number of carbonyl (C=O) groups is 2. The quantitative estimate of drug-likeness (QED) is 0.356. The number of pyridine rings is 1. The third kappa shape index (κ3) is 6.35. The van der Waals surface area contributed by atoms with Crippen molar-refractivity contribution in [2.24, 2.45) is 5.92 Å². The Labute approximate surface area is 227 Å². The third-order valence-corrected chi connectivity index (χ3v) is 8.41. The lowest BCUT2D eigenvalue weighted by Gasteiger charge is -2.29. The van der Waals surface area contributed by atoms with Crippen LogP contribution in [0.25, 0.3) is 10.9 Å². The number of rotatable bonds is 9. The molecule has 2 aliphatic rings. The minimum absolute atomic E-state index is 0.0319. The predicted octanol–water partition coefficient (Wildman–Crippen LogP) is 4.93. The maximum atomic E-state index is 12.9. The number of carbonyl (C=O) groups excluding carboxylic acids is 2. The Balaban J connectivity index is 1.35. The minimum Gasteiger partial charge on any atom is -0.476 e. The lowest BCUT2D eigenvalue weighted by atomic mass is 9.78. The number of aromatic nitrogens is 3. The molecule has 1 saturated carbocycles. The zero-order chi connectivity index (χ0) is 26.5. The van der Waals surface area contributed by atoms with Crippen molar-refractivity contribution < 1.29 is 14.3 Å². The van der Waals surface area contributed by atoms with E-state index >= 15 is 0 Å². The molecule has 9 nitrogen and oxygen atoms in total. The number of anilines is 1. The Hall–Kier alpha value is -2.98. The third-order valence-electron chi connectivity index (χ3n) is 7.64. The fraction of sp³-hybridized carbons (Fsp3) is 0.571. The molecule has 2 amide bonds. The summed E-state index contributed by atoms with van der Waals surface area (Å²) in [6.07, 6.45) is 10.6. The molecule has 1 aliphatic carbocycles. The molecule has 3 aromatic rings. The van der Waals surface area contributed by atoms with Gasteiger partial charge in [0.1, 0.15) is 17.3 Å². The second-order valence-electron chi connectivity index (χ2n) is 10.8. The minimum atomic E-state index is -0.184. The van der Waals surface area contributed by atoms with Crippen LogP contribution >= 0.6 is 11.3 Å². The van der Waals surface area contributed by atoms with Crippen LogP contribution in [0.1, 0.15) is 79.9 Å².